The van der Waals surface area contributed by atoms with Gasteiger partial charge in [0.1, 0.15) is 0 Å². The third kappa shape index (κ3) is 3.23. The second-order valence-electron chi connectivity index (χ2n) is 5.73. The van der Waals surface area contributed by atoms with Crippen LogP contribution in [-0.2, 0) is 0 Å². The maximum Gasteiger partial charge on any atom is 0.255 e. The molecule has 1 saturated heterocycles. The molecule has 3 nitrogen and oxygen atoms in total. The van der Waals surface area contributed by atoms with E-state index in [2.05, 4.69) is 36.4 Å². The summed E-state index contributed by atoms with van der Waals surface area (Å²) in [4.78, 5) is 14.4. The summed E-state index contributed by atoms with van der Waals surface area (Å²) in [6.45, 7) is 5.58. The van der Waals surface area contributed by atoms with Crippen LogP contribution < -0.4 is 5.73 Å². The zero-order valence-corrected chi connectivity index (χ0v) is 14.0. The molecule has 1 aliphatic heterocycles. The van der Waals surface area contributed by atoms with Crippen LogP contribution >= 0.6 is 34.2 Å². The van der Waals surface area contributed by atoms with Crippen molar-refractivity contribution >= 4 is 40.1 Å². The fourth-order valence-electron chi connectivity index (χ4n) is 2.38. The van der Waals surface area contributed by atoms with Gasteiger partial charge in [-0.15, -0.1) is 0 Å². The van der Waals surface area contributed by atoms with Crippen LogP contribution in [0.1, 0.15) is 30.6 Å². The Morgan fingerprint density at radius 2 is 2.21 bits per heavy atom. The number of likely N-dealkylation sites (tertiary alicyclic amines) is 1. The quantitative estimate of drug-likeness (QED) is 0.746. The number of nitrogens with two attached hydrogens (primary N) is 1. The van der Waals surface area contributed by atoms with E-state index in [0.717, 1.165) is 9.99 Å². The Balaban J connectivity index is 2.21. The molecule has 1 aliphatic rings. The average Bonchev–Trinajstić information content (AvgIpc) is 2.32. The van der Waals surface area contributed by atoms with Crippen LogP contribution in [-0.4, -0.2) is 29.9 Å². The minimum absolute atomic E-state index is 0.00127. The summed E-state index contributed by atoms with van der Waals surface area (Å²) in [5, 5.41) is 0.518. The number of carbonyl (C=O) groups is 1. The molecule has 0 bridgehead atoms. The lowest BCUT2D eigenvalue weighted by Gasteiger charge is -2.42. The van der Waals surface area contributed by atoms with Crippen molar-refractivity contribution < 1.29 is 4.79 Å². The summed E-state index contributed by atoms with van der Waals surface area (Å²) >= 11 is 8.35. The van der Waals surface area contributed by atoms with Crippen molar-refractivity contribution in [3.05, 3.63) is 32.4 Å². The van der Waals surface area contributed by atoms with Gasteiger partial charge in [0.15, 0.2) is 0 Å². The maximum absolute atomic E-state index is 12.5. The molecule has 2 rings (SSSR count). The molecule has 2 N–H and O–H groups in total. The van der Waals surface area contributed by atoms with Crippen LogP contribution in [0.15, 0.2) is 18.2 Å². The van der Waals surface area contributed by atoms with E-state index < -0.39 is 0 Å². The van der Waals surface area contributed by atoms with Gasteiger partial charge >= 0.3 is 0 Å². The molecule has 5 heteroatoms. The Labute approximate surface area is 132 Å². The predicted octanol–water partition coefficient (Wildman–Crippen LogP) is 3.14. The predicted molar refractivity (Wildman–Crippen MR) is 86.4 cm³/mol. The minimum atomic E-state index is -0.0520. The SMILES string of the molecule is CC1(C)CN(C(=O)c2ccc(I)cc2Cl)CCC1N. The summed E-state index contributed by atoms with van der Waals surface area (Å²) in [6, 6.07) is 5.66. The number of hydrogen-bond donors (Lipinski definition) is 1. The van der Waals surface area contributed by atoms with Gasteiger partial charge in [0.25, 0.3) is 5.91 Å². The molecule has 1 aromatic carbocycles. The third-order valence-electron chi connectivity index (χ3n) is 3.76. The van der Waals surface area contributed by atoms with E-state index in [1.165, 1.54) is 0 Å². The molecular weight excluding hydrogens is 375 g/mol. The normalized spacial score (nSPS) is 22.4. The van der Waals surface area contributed by atoms with Crippen LogP contribution in [0.4, 0.5) is 0 Å². The monoisotopic (exact) mass is 392 g/mol. The van der Waals surface area contributed by atoms with E-state index in [9.17, 15) is 4.79 Å². The van der Waals surface area contributed by atoms with E-state index in [1.54, 1.807) is 6.07 Å². The number of amides is 1. The van der Waals surface area contributed by atoms with Crippen molar-refractivity contribution in [3.8, 4) is 0 Å². The van der Waals surface area contributed by atoms with E-state index in [1.807, 2.05) is 17.0 Å². The summed E-state index contributed by atoms with van der Waals surface area (Å²) in [5.41, 5.74) is 6.62. The first kappa shape index (κ1) is 15.1. The van der Waals surface area contributed by atoms with Gasteiger partial charge in [0, 0.05) is 22.7 Å². The number of carbonyl (C=O) groups excluding carboxylic acids is 1. The van der Waals surface area contributed by atoms with Crippen molar-refractivity contribution in [2.75, 3.05) is 13.1 Å². The largest absolute Gasteiger partial charge is 0.338 e. The Bertz CT molecular complexity index is 504. The molecule has 1 aromatic rings. The second kappa shape index (κ2) is 5.58. The zero-order chi connectivity index (χ0) is 14.2. The Morgan fingerprint density at radius 1 is 1.53 bits per heavy atom. The number of rotatable bonds is 1. The molecule has 104 valence electrons. The lowest BCUT2D eigenvalue weighted by atomic mass is 9.79. The van der Waals surface area contributed by atoms with E-state index >= 15 is 0 Å². The highest BCUT2D eigenvalue weighted by atomic mass is 127. The summed E-state index contributed by atoms with van der Waals surface area (Å²) in [7, 11) is 0. The average molecular weight is 393 g/mol. The van der Waals surface area contributed by atoms with Gasteiger partial charge in [0.05, 0.1) is 10.6 Å². The van der Waals surface area contributed by atoms with Gasteiger partial charge < -0.3 is 10.6 Å². The molecular formula is C14H18ClIN2O. The van der Waals surface area contributed by atoms with Crippen LogP contribution in [0.5, 0.6) is 0 Å². The molecule has 0 radical (unpaired) electrons. The molecule has 1 unspecified atom stereocenters. The standard InChI is InChI=1S/C14H18ClIN2O/c1-14(2)8-18(6-5-12(14)17)13(19)10-4-3-9(16)7-11(10)15/h3-4,7,12H,5-6,8,17H2,1-2H3. The first-order valence-corrected chi connectivity index (χ1v) is 7.77. The van der Waals surface area contributed by atoms with Crippen LogP contribution in [0.2, 0.25) is 5.02 Å². The van der Waals surface area contributed by atoms with Gasteiger partial charge in [0.2, 0.25) is 0 Å². The smallest absolute Gasteiger partial charge is 0.255 e. The molecule has 1 heterocycles. The van der Waals surface area contributed by atoms with Crippen molar-refractivity contribution in [3.63, 3.8) is 0 Å². The fourth-order valence-corrected chi connectivity index (χ4v) is 3.32. The number of hydrogen-bond acceptors (Lipinski definition) is 2. The van der Waals surface area contributed by atoms with Crippen molar-refractivity contribution in [2.45, 2.75) is 26.3 Å². The first-order valence-electron chi connectivity index (χ1n) is 6.31. The number of halogens is 2. The van der Waals surface area contributed by atoms with Gasteiger partial charge in [-0.25, -0.2) is 0 Å². The van der Waals surface area contributed by atoms with E-state index in [0.29, 0.717) is 23.7 Å². The molecule has 19 heavy (non-hydrogen) atoms. The molecule has 0 spiro atoms. The van der Waals surface area contributed by atoms with Crippen LogP contribution in [0.3, 0.4) is 0 Å². The minimum Gasteiger partial charge on any atom is -0.338 e. The van der Waals surface area contributed by atoms with Gasteiger partial charge in [-0.2, -0.15) is 0 Å². The number of piperidine rings is 1. The Hall–Kier alpha value is -0.330. The third-order valence-corrected chi connectivity index (χ3v) is 4.74. The highest BCUT2D eigenvalue weighted by molar-refractivity contribution is 14.1. The lowest BCUT2D eigenvalue weighted by Crippen LogP contribution is -2.54. The van der Waals surface area contributed by atoms with Crippen molar-refractivity contribution in [1.82, 2.24) is 4.90 Å². The summed E-state index contributed by atoms with van der Waals surface area (Å²) in [5.74, 6) is 0.00127. The fraction of sp³-hybridized carbons (Fsp3) is 0.500. The molecule has 0 aliphatic carbocycles. The van der Waals surface area contributed by atoms with Gasteiger partial charge in [-0.3, -0.25) is 4.79 Å². The molecule has 0 saturated carbocycles. The topological polar surface area (TPSA) is 46.3 Å². The number of benzene rings is 1. The first-order chi connectivity index (χ1) is 8.81. The van der Waals surface area contributed by atoms with Crippen LogP contribution in [0.25, 0.3) is 0 Å². The molecule has 1 amide bonds. The summed E-state index contributed by atoms with van der Waals surface area (Å²) < 4.78 is 1.03. The lowest BCUT2D eigenvalue weighted by molar-refractivity contribution is 0.0533. The molecule has 0 aromatic heterocycles. The van der Waals surface area contributed by atoms with Crippen molar-refractivity contribution in [2.24, 2.45) is 11.1 Å². The maximum atomic E-state index is 12.5. The second-order valence-corrected chi connectivity index (χ2v) is 7.39. The van der Waals surface area contributed by atoms with Crippen molar-refractivity contribution in [1.29, 1.82) is 0 Å². The number of nitrogens with zero attached hydrogens (tertiary/aromatic N) is 1. The molecule has 1 fully saturated rings. The Morgan fingerprint density at radius 3 is 2.79 bits per heavy atom. The van der Waals surface area contributed by atoms with E-state index in [4.69, 9.17) is 17.3 Å². The zero-order valence-electron chi connectivity index (χ0n) is 11.1. The van der Waals surface area contributed by atoms with Crippen LogP contribution in [0, 0.1) is 8.99 Å². The Kier molecular flexibility index (Phi) is 4.42. The summed E-state index contributed by atoms with van der Waals surface area (Å²) in [6.07, 6.45) is 0.834. The van der Waals surface area contributed by atoms with E-state index in [-0.39, 0.29) is 17.4 Å². The van der Waals surface area contributed by atoms with Gasteiger partial charge in [-0.05, 0) is 52.6 Å². The van der Waals surface area contributed by atoms with Gasteiger partial charge in [-0.1, -0.05) is 25.4 Å². The highest BCUT2D eigenvalue weighted by Crippen LogP contribution is 2.29. The molecule has 1 atom stereocenters. The highest BCUT2D eigenvalue weighted by Gasteiger charge is 2.35.